The molecule has 0 saturated carbocycles. The van der Waals surface area contributed by atoms with Gasteiger partial charge in [0.25, 0.3) is 0 Å². The quantitative estimate of drug-likeness (QED) is 0.177. The molecular formula is C60H42O2. The Morgan fingerprint density at radius 3 is 1.35 bits per heavy atom. The zero-order chi connectivity index (χ0) is 41.5. The Balaban J connectivity index is 1.07. The highest BCUT2D eigenvalue weighted by Gasteiger charge is 2.48. The van der Waals surface area contributed by atoms with Crippen LogP contribution in [0.1, 0.15) is 49.9 Å². The number of para-hydroxylation sites is 2. The van der Waals surface area contributed by atoms with Gasteiger partial charge >= 0.3 is 0 Å². The van der Waals surface area contributed by atoms with E-state index >= 15 is 0 Å². The van der Waals surface area contributed by atoms with Crippen molar-refractivity contribution in [3.63, 3.8) is 0 Å². The molecule has 2 aromatic heterocycles. The van der Waals surface area contributed by atoms with E-state index in [4.69, 9.17) is 8.83 Å². The third-order valence-electron chi connectivity index (χ3n) is 14.2. The molecule has 13 rings (SSSR count). The largest absolute Gasteiger partial charge is 0.455 e. The number of furan rings is 2. The number of rotatable bonds is 4. The third-order valence-corrected chi connectivity index (χ3v) is 14.2. The van der Waals surface area contributed by atoms with E-state index in [2.05, 4.69) is 210 Å². The maximum Gasteiger partial charge on any atom is 0.144 e. The molecule has 11 aromatic rings. The predicted molar refractivity (Wildman–Crippen MR) is 258 cm³/mol. The van der Waals surface area contributed by atoms with Crippen LogP contribution in [-0.4, -0.2) is 0 Å². The molecule has 0 spiro atoms. The Morgan fingerprint density at radius 1 is 0.323 bits per heavy atom. The monoisotopic (exact) mass is 794 g/mol. The second-order valence-corrected chi connectivity index (χ2v) is 18.4. The maximum atomic E-state index is 7.05. The summed E-state index contributed by atoms with van der Waals surface area (Å²) < 4.78 is 14.0. The fourth-order valence-electron chi connectivity index (χ4n) is 11.4. The first-order chi connectivity index (χ1) is 30.3. The van der Waals surface area contributed by atoms with Gasteiger partial charge in [0.15, 0.2) is 0 Å². The molecule has 0 fully saturated rings. The zero-order valence-corrected chi connectivity index (χ0v) is 35.1. The van der Waals surface area contributed by atoms with Gasteiger partial charge in [0.05, 0.1) is 0 Å². The summed E-state index contributed by atoms with van der Waals surface area (Å²) >= 11 is 0. The minimum atomic E-state index is -0.335. The van der Waals surface area contributed by atoms with Gasteiger partial charge in [-0.05, 0) is 114 Å². The Hall–Kier alpha value is -7.42. The molecule has 9 aromatic carbocycles. The van der Waals surface area contributed by atoms with E-state index in [1.807, 2.05) is 0 Å². The highest BCUT2D eigenvalue weighted by Crippen LogP contribution is 2.63. The van der Waals surface area contributed by atoms with E-state index in [0.29, 0.717) is 0 Å². The van der Waals surface area contributed by atoms with Gasteiger partial charge in [-0.15, -0.1) is 0 Å². The van der Waals surface area contributed by atoms with Gasteiger partial charge in [-0.2, -0.15) is 0 Å². The topological polar surface area (TPSA) is 26.3 Å². The van der Waals surface area contributed by atoms with Crippen molar-refractivity contribution in [2.45, 2.75) is 38.5 Å². The van der Waals surface area contributed by atoms with Gasteiger partial charge in [-0.1, -0.05) is 173 Å². The summed E-state index contributed by atoms with van der Waals surface area (Å²) in [5, 5.41) is 4.66. The standard InChI is InChI=1S/C60H42O2/c1-59(2)47-34-46(40-24-16-22-38(32-40)36-19-9-6-10-20-36)57-54(42-26-12-14-28-50(42)61-57)52(47)43-29-30-44-53-48(60(3,4)56(44)55(43)59)33-45(51-41-25-11-13-27-49(41)62-58(51)53)39-23-15-21-37(31-39)35-17-7-5-8-18-35/h5-34H,1-4H3. The summed E-state index contributed by atoms with van der Waals surface area (Å²) in [5.74, 6) is 0. The molecule has 0 unspecified atom stereocenters. The Bertz CT molecular complexity index is 3670. The van der Waals surface area contributed by atoms with Gasteiger partial charge in [0.2, 0.25) is 0 Å². The summed E-state index contributed by atoms with van der Waals surface area (Å²) in [6.45, 7) is 9.73. The van der Waals surface area contributed by atoms with Crippen LogP contribution in [0.4, 0.5) is 0 Å². The molecule has 2 aliphatic rings. The second-order valence-electron chi connectivity index (χ2n) is 18.4. The minimum Gasteiger partial charge on any atom is -0.455 e. The van der Waals surface area contributed by atoms with Gasteiger partial charge in [0, 0.05) is 43.5 Å². The van der Waals surface area contributed by atoms with Crippen molar-refractivity contribution < 1.29 is 8.83 Å². The summed E-state index contributed by atoms with van der Waals surface area (Å²) in [6.07, 6.45) is 0. The van der Waals surface area contributed by atoms with Crippen molar-refractivity contribution in [1.82, 2.24) is 0 Å². The lowest BCUT2D eigenvalue weighted by Gasteiger charge is -2.31. The summed E-state index contributed by atoms with van der Waals surface area (Å²) in [6, 6.07) is 66.1. The summed E-state index contributed by atoms with van der Waals surface area (Å²) in [4.78, 5) is 0. The van der Waals surface area contributed by atoms with Crippen LogP contribution in [0.5, 0.6) is 0 Å². The van der Waals surface area contributed by atoms with Crippen LogP contribution in [0.15, 0.2) is 191 Å². The molecule has 0 N–H and O–H groups in total. The second kappa shape index (κ2) is 12.6. The number of fused-ring (bicyclic) bond motifs is 15. The van der Waals surface area contributed by atoms with Gasteiger partial charge < -0.3 is 8.83 Å². The smallest absolute Gasteiger partial charge is 0.144 e. The normalized spacial score (nSPS) is 14.4. The third kappa shape index (κ3) is 4.75. The van der Waals surface area contributed by atoms with E-state index in [1.165, 1.54) is 88.7 Å². The lowest BCUT2D eigenvalue weighted by atomic mass is 9.72. The van der Waals surface area contributed by atoms with Crippen LogP contribution in [0.25, 0.3) is 111 Å². The van der Waals surface area contributed by atoms with Crippen molar-refractivity contribution >= 4 is 43.9 Å². The average Bonchev–Trinajstić information content (AvgIpc) is 4.02. The first kappa shape index (κ1) is 35.3. The molecule has 0 amide bonds. The van der Waals surface area contributed by atoms with E-state index in [1.54, 1.807) is 0 Å². The van der Waals surface area contributed by atoms with E-state index in [0.717, 1.165) is 44.2 Å². The fourth-order valence-corrected chi connectivity index (χ4v) is 11.4. The Kier molecular flexibility index (Phi) is 7.16. The van der Waals surface area contributed by atoms with Crippen LogP contribution in [-0.2, 0) is 10.8 Å². The molecule has 2 heteroatoms. The first-order valence-corrected chi connectivity index (χ1v) is 21.8. The molecule has 2 heterocycles. The van der Waals surface area contributed by atoms with Gasteiger partial charge in [-0.3, -0.25) is 0 Å². The minimum absolute atomic E-state index is 0.326. The van der Waals surface area contributed by atoms with Crippen LogP contribution in [0.2, 0.25) is 0 Å². The van der Waals surface area contributed by atoms with Crippen LogP contribution >= 0.6 is 0 Å². The van der Waals surface area contributed by atoms with E-state index in [9.17, 15) is 0 Å². The van der Waals surface area contributed by atoms with Crippen molar-refractivity contribution in [3.05, 3.63) is 204 Å². The molecule has 0 saturated heterocycles. The lowest BCUT2D eigenvalue weighted by Crippen LogP contribution is -2.24. The molecule has 0 aliphatic heterocycles. The molecule has 2 aliphatic carbocycles. The van der Waals surface area contributed by atoms with Crippen molar-refractivity contribution in [1.29, 1.82) is 0 Å². The van der Waals surface area contributed by atoms with Crippen LogP contribution in [0, 0.1) is 0 Å². The average molecular weight is 795 g/mol. The molecule has 2 nitrogen and oxygen atoms in total. The molecular weight excluding hydrogens is 753 g/mol. The number of hydrogen-bond donors (Lipinski definition) is 0. The maximum absolute atomic E-state index is 7.05. The highest BCUT2D eigenvalue weighted by molar-refractivity contribution is 6.21. The fraction of sp³-hybridized carbons (Fsp3) is 0.100. The predicted octanol–water partition coefficient (Wildman–Crippen LogP) is 16.8. The van der Waals surface area contributed by atoms with Crippen LogP contribution in [0.3, 0.4) is 0 Å². The van der Waals surface area contributed by atoms with Gasteiger partial charge in [0.1, 0.15) is 22.3 Å². The highest BCUT2D eigenvalue weighted by atomic mass is 16.3. The van der Waals surface area contributed by atoms with Crippen LogP contribution < -0.4 is 0 Å². The van der Waals surface area contributed by atoms with Crippen molar-refractivity contribution in [2.75, 3.05) is 0 Å². The molecule has 62 heavy (non-hydrogen) atoms. The molecule has 0 bridgehead atoms. The van der Waals surface area contributed by atoms with E-state index < -0.39 is 0 Å². The van der Waals surface area contributed by atoms with Gasteiger partial charge in [-0.25, -0.2) is 0 Å². The summed E-state index contributed by atoms with van der Waals surface area (Å²) in [7, 11) is 0. The Labute approximate surface area is 360 Å². The molecule has 294 valence electrons. The van der Waals surface area contributed by atoms with Crippen molar-refractivity contribution in [2.24, 2.45) is 0 Å². The van der Waals surface area contributed by atoms with E-state index in [-0.39, 0.29) is 10.8 Å². The first-order valence-electron chi connectivity index (χ1n) is 21.8. The molecule has 0 radical (unpaired) electrons. The number of benzene rings is 9. The SMILES string of the molecule is CC1(C)c2cc(-c3cccc(-c4ccccc4)c3)c3c(oc4ccccc43)c2-c2ccc3c(c21)C(C)(C)c1cc(-c2cccc(-c4ccccc4)c2)c2oc4ccccc4c2c1-3. The number of hydrogen-bond acceptors (Lipinski definition) is 2. The Morgan fingerprint density at radius 2 is 0.758 bits per heavy atom. The molecule has 0 atom stereocenters. The lowest BCUT2D eigenvalue weighted by molar-refractivity contribution is 0.601. The summed E-state index contributed by atoms with van der Waals surface area (Å²) in [5.41, 5.74) is 23.0. The zero-order valence-electron chi connectivity index (χ0n) is 35.1. The van der Waals surface area contributed by atoms with Crippen molar-refractivity contribution in [3.8, 4) is 66.8 Å².